The lowest BCUT2D eigenvalue weighted by atomic mass is 10.2. The van der Waals surface area contributed by atoms with Crippen molar-refractivity contribution in [2.24, 2.45) is 0 Å². The van der Waals surface area contributed by atoms with Crippen LogP contribution in [-0.4, -0.2) is 24.1 Å². The van der Waals surface area contributed by atoms with E-state index in [4.69, 9.17) is 0 Å². The summed E-state index contributed by atoms with van der Waals surface area (Å²) in [4.78, 5) is 0. The summed E-state index contributed by atoms with van der Waals surface area (Å²) in [5, 5.41) is 3.56. The molecule has 1 N–H and O–H groups in total. The van der Waals surface area contributed by atoms with Crippen LogP contribution >= 0.6 is 11.8 Å². The molecule has 1 nitrogen and oxygen atoms in total. The highest BCUT2D eigenvalue weighted by Gasteiger charge is 1.98. The Morgan fingerprint density at radius 3 is 2.54 bits per heavy atom. The smallest absolute Gasteiger partial charge is 0.0129 e. The van der Waals surface area contributed by atoms with Gasteiger partial charge in [0.05, 0.1) is 0 Å². The van der Waals surface area contributed by atoms with Crippen LogP contribution in [0, 0.1) is 0 Å². The van der Waals surface area contributed by atoms with Gasteiger partial charge in [0.2, 0.25) is 0 Å². The van der Waals surface area contributed by atoms with E-state index in [0.717, 1.165) is 0 Å². The Bertz CT molecular complexity index is 96.1. The zero-order valence-corrected chi connectivity index (χ0v) is 10.3. The van der Waals surface area contributed by atoms with Crippen molar-refractivity contribution < 1.29 is 0 Å². The Morgan fingerprint density at radius 1 is 1.15 bits per heavy atom. The van der Waals surface area contributed by atoms with Gasteiger partial charge in [-0.25, -0.2) is 0 Å². The number of nitrogens with one attached hydrogen (secondary N) is 1. The van der Waals surface area contributed by atoms with Gasteiger partial charge in [0.15, 0.2) is 0 Å². The maximum Gasteiger partial charge on any atom is 0.0129 e. The Kier molecular flexibility index (Phi) is 10.6. The van der Waals surface area contributed by atoms with Gasteiger partial charge in [-0.3, -0.25) is 0 Å². The van der Waals surface area contributed by atoms with Crippen molar-refractivity contribution in [3.8, 4) is 0 Å². The van der Waals surface area contributed by atoms with Crippen LogP contribution in [0.1, 0.15) is 46.5 Å². The summed E-state index contributed by atoms with van der Waals surface area (Å²) >= 11 is 2.02. The maximum absolute atomic E-state index is 3.56. The van der Waals surface area contributed by atoms with Crippen LogP contribution in [0.25, 0.3) is 0 Å². The van der Waals surface area contributed by atoms with Crippen molar-refractivity contribution in [3.05, 3.63) is 0 Å². The van der Waals surface area contributed by atoms with E-state index < -0.39 is 0 Å². The van der Waals surface area contributed by atoms with E-state index in [2.05, 4.69) is 26.1 Å². The summed E-state index contributed by atoms with van der Waals surface area (Å²) < 4.78 is 0. The van der Waals surface area contributed by atoms with E-state index in [1.54, 1.807) is 0 Å². The van der Waals surface area contributed by atoms with Crippen LogP contribution in [0.3, 0.4) is 0 Å². The molecule has 0 spiro atoms. The molecule has 2 heteroatoms. The third-order valence-corrected chi connectivity index (χ3v) is 3.24. The van der Waals surface area contributed by atoms with Crippen LogP contribution in [0.4, 0.5) is 0 Å². The fourth-order valence-corrected chi connectivity index (χ4v) is 1.96. The summed E-state index contributed by atoms with van der Waals surface area (Å²) in [5.74, 6) is 2.49. The molecular weight excluding hydrogens is 178 g/mol. The Balaban J connectivity index is 3.03. The molecule has 1 atom stereocenters. The van der Waals surface area contributed by atoms with Gasteiger partial charge >= 0.3 is 0 Å². The first kappa shape index (κ1) is 13.3. The highest BCUT2D eigenvalue weighted by molar-refractivity contribution is 7.99. The average molecular weight is 203 g/mol. The monoisotopic (exact) mass is 203 g/mol. The van der Waals surface area contributed by atoms with Gasteiger partial charge in [0.1, 0.15) is 0 Å². The molecule has 0 aromatic rings. The molecule has 0 fully saturated rings. The van der Waals surface area contributed by atoms with Gasteiger partial charge in [0.25, 0.3) is 0 Å². The molecular formula is C11H25NS. The summed E-state index contributed by atoms with van der Waals surface area (Å²) in [6, 6.07) is 0.687. The largest absolute Gasteiger partial charge is 0.313 e. The van der Waals surface area contributed by atoms with E-state index in [0.29, 0.717) is 6.04 Å². The lowest BCUT2D eigenvalue weighted by molar-refractivity contribution is 0.551. The molecule has 0 aliphatic rings. The molecule has 0 aromatic carbocycles. The zero-order valence-electron chi connectivity index (χ0n) is 9.44. The average Bonchev–Trinajstić information content (AvgIpc) is 2.14. The number of thioether (sulfide) groups is 1. The summed E-state index contributed by atoms with van der Waals surface area (Å²) in [6.45, 7) is 7.96. The predicted octanol–water partition coefficient (Wildman–Crippen LogP) is 3.30. The number of rotatable bonds is 9. The minimum Gasteiger partial charge on any atom is -0.313 e. The molecule has 0 radical (unpaired) electrons. The number of unbranched alkanes of at least 4 members (excludes halogenated alkanes) is 3. The summed E-state index contributed by atoms with van der Waals surface area (Å²) in [7, 11) is 0. The van der Waals surface area contributed by atoms with E-state index in [1.165, 1.54) is 43.7 Å². The highest BCUT2D eigenvalue weighted by Crippen LogP contribution is 2.02. The van der Waals surface area contributed by atoms with E-state index in [9.17, 15) is 0 Å². The van der Waals surface area contributed by atoms with Gasteiger partial charge in [-0.15, -0.1) is 0 Å². The van der Waals surface area contributed by atoms with Crippen molar-refractivity contribution in [1.29, 1.82) is 0 Å². The van der Waals surface area contributed by atoms with Gasteiger partial charge in [-0.2, -0.15) is 11.8 Å². The minimum absolute atomic E-state index is 0.687. The van der Waals surface area contributed by atoms with Crippen LogP contribution in [0.2, 0.25) is 0 Å². The molecule has 0 saturated carbocycles. The molecule has 0 bridgehead atoms. The van der Waals surface area contributed by atoms with Crippen LogP contribution in [0.15, 0.2) is 0 Å². The highest BCUT2D eigenvalue weighted by atomic mass is 32.2. The van der Waals surface area contributed by atoms with E-state index >= 15 is 0 Å². The molecule has 0 aliphatic heterocycles. The second-order valence-electron chi connectivity index (χ2n) is 3.58. The molecule has 0 aromatic heterocycles. The molecule has 0 saturated heterocycles. The van der Waals surface area contributed by atoms with E-state index in [1.807, 2.05) is 11.8 Å². The zero-order chi connectivity index (χ0) is 9.94. The first-order valence-corrected chi connectivity index (χ1v) is 6.77. The number of hydrogen-bond donors (Lipinski definition) is 1. The Morgan fingerprint density at radius 2 is 1.92 bits per heavy atom. The van der Waals surface area contributed by atoms with Crippen LogP contribution in [-0.2, 0) is 0 Å². The Labute approximate surface area is 88.1 Å². The third kappa shape index (κ3) is 10.2. The second kappa shape index (κ2) is 10.4. The standard InChI is InChI=1S/C11H25NS/c1-4-6-7-8-9-12-11(3)10-13-5-2/h11-12H,4-10H2,1-3H3. The van der Waals surface area contributed by atoms with Crippen molar-refractivity contribution in [2.45, 2.75) is 52.5 Å². The van der Waals surface area contributed by atoms with Crippen molar-refractivity contribution in [3.63, 3.8) is 0 Å². The molecule has 80 valence electrons. The topological polar surface area (TPSA) is 12.0 Å². The third-order valence-electron chi connectivity index (χ3n) is 2.10. The first-order chi connectivity index (χ1) is 6.31. The van der Waals surface area contributed by atoms with Crippen molar-refractivity contribution in [1.82, 2.24) is 5.32 Å². The second-order valence-corrected chi connectivity index (χ2v) is 4.89. The fourth-order valence-electron chi connectivity index (χ4n) is 1.25. The van der Waals surface area contributed by atoms with Crippen molar-refractivity contribution in [2.75, 3.05) is 18.1 Å². The van der Waals surface area contributed by atoms with Gasteiger partial charge < -0.3 is 5.32 Å². The molecule has 0 heterocycles. The fraction of sp³-hybridized carbons (Fsp3) is 1.00. The van der Waals surface area contributed by atoms with Gasteiger partial charge in [0, 0.05) is 11.8 Å². The number of hydrogen-bond acceptors (Lipinski definition) is 2. The molecule has 1 unspecified atom stereocenters. The molecule has 0 rings (SSSR count). The lowest BCUT2D eigenvalue weighted by Gasteiger charge is -2.12. The lowest BCUT2D eigenvalue weighted by Crippen LogP contribution is -2.29. The summed E-state index contributed by atoms with van der Waals surface area (Å²) in [6.07, 6.45) is 5.45. The predicted molar refractivity (Wildman–Crippen MR) is 64.6 cm³/mol. The van der Waals surface area contributed by atoms with Crippen LogP contribution < -0.4 is 5.32 Å². The van der Waals surface area contributed by atoms with Gasteiger partial charge in [-0.1, -0.05) is 33.1 Å². The maximum atomic E-state index is 3.56. The summed E-state index contributed by atoms with van der Waals surface area (Å²) in [5.41, 5.74) is 0. The first-order valence-electron chi connectivity index (χ1n) is 5.62. The minimum atomic E-state index is 0.687. The Hall–Kier alpha value is 0.310. The molecule has 13 heavy (non-hydrogen) atoms. The van der Waals surface area contributed by atoms with Gasteiger partial charge in [-0.05, 0) is 25.6 Å². The molecule has 0 aliphatic carbocycles. The van der Waals surface area contributed by atoms with Crippen molar-refractivity contribution >= 4 is 11.8 Å². The van der Waals surface area contributed by atoms with E-state index in [-0.39, 0.29) is 0 Å². The van der Waals surface area contributed by atoms with Crippen LogP contribution in [0.5, 0.6) is 0 Å². The normalized spacial score (nSPS) is 13.2. The quantitative estimate of drug-likeness (QED) is 0.577. The molecule has 0 amide bonds. The SMILES string of the molecule is CCCCCCNC(C)CSCC.